The molecule has 1 unspecified atom stereocenters. The highest BCUT2D eigenvalue weighted by Gasteiger charge is 2.17. The van der Waals surface area contributed by atoms with Gasteiger partial charge >= 0.3 is 0 Å². The summed E-state index contributed by atoms with van der Waals surface area (Å²) in [5, 5.41) is 11.2. The maximum atomic E-state index is 12.6. The van der Waals surface area contributed by atoms with Crippen molar-refractivity contribution in [1.29, 1.82) is 0 Å². The Bertz CT molecular complexity index is 1350. The first-order valence-electron chi connectivity index (χ1n) is 10.3. The van der Waals surface area contributed by atoms with Gasteiger partial charge in [0.15, 0.2) is 5.82 Å². The molecule has 0 bridgehead atoms. The van der Waals surface area contributed by atoms with Crippen molar-refractivity contribution in [2.75, 3.05) is 18.9 Å². The van der Waals surface area contributed by atoms with Crippen LogP contribution in [0.25, 0.3) is 21.9 Å². The zero-order chi connectivity index (χ0) is 23.5. The van der Waals surface area contributed by atoms with Crippen molar-refractivity contribution >= 4 is 73.5 Å². The molecular weight excluding hydrogens is 505 g/mol. The Kier molecular flexibility index (Phi) is 7.73. The number of aliphatic hydroxyl groups excluding tert-OH is 1. The summed E-state index contributed by atoms with van der Waals surface area (Å²) in [6.45, 7) is 1.16. The van der Waals surface area contributed by atoms with Crippen LogP contribution >= 0.6 is 34.8 Å². The molecule has 11 heteroatoms. The van der Waals surface area contributed by atoms with E-state index in [2.05, 4.69) is 19.3 Å². The summed E-state index contributed by atoms with van der Waals surface area (Å²) >= 11 is 18.1. The number of nitrogens with one attached hydrogen (secondary N) is 1. The predicted octanol–water partition coefficient (Wildman–Crippen LogP) is 4.75. The molecule has 4 N–H and O–H groups in total. The molecule has 0 radical (unpaired) electrons. The predicted molar refractivity (Wildman–Crippen MR) is 135 cm³/mol. The molecule has 174 valence electrons. The highest BCUT2D eigenvalue weighted by Crippen LogP contribution is 2.34. The molecule has 0 spiro atoms. The molecule has 0 fully saturated rings. The van der Waals surface area contributed by atoms with Gasteiger partial charge in [0.25, 0.3) is 0 Å². The fourth-order valence-electron chi connectivity index (χ4n) is 3.73. The first-order chi connectivity index (χ1) is 15.9. The fraction of sp³-hybridized carbons (Fsp3) is 0.273. The minimum Gasteiger partial charge on any atom is -0.396 e. The summed E-state index contributed by atoms with van der Waals surface area (Å²) in [6, 6.07) is 11.0. The first-order valence-corrected chi connectivity index (χ1v) is 12.6. The van der Waals surface area contributed by atoms with Crippen molar-refractivity contribution < 1.29 is 9.32 Å². The van der Waals surface area contributed by atoms with Crippen LogP contribution in [0, 0.1) is 0 Å². The van der Waals surface area contributed by atoms with Gasteiger partial charge in [-0.2, -0.15) is 0 Å². The summed E-state index contributed by atoms with van der Waals surface area (Å²) in [6.07, 6.45) is 1.96. The molecule has 0 amide bonds. The third-order valence-corrected chi connectivity index (χ3v) is 7.88. The lowest BCUT2D eigenvalue weighted by Crippen LogP contribution is -2.19. The van der Waals surface area contributed by atoms with Crippen LogP contribution in [0.2, 0.25) is 15.1 Å². The second-order valence-electron chi connectivity index (χ2n) is 7.41. The van der Waals surface area contributed by atoms with E-state index in [9.17, 15) is 9.32 Å². The molecule has 2 aromatic heterocycles. The van der Waals surface area contributed by atoms with Gasteiger partial charge in [-0.25, -0.2) is 18.9 Å². The molecular formula is C22H22Cl3N5O2S. The molecule has 33 heavy (non-hydrogen) atoms. The third kappa shape index (κ3) is 4.96. The number of halogens is 3. The van der Waals surface area contributed by atoms with Crippen molar-refractivity contribution in [1.82, 2.24) is 19.3 Å². The third-order valence-electron chi connectivity index (χ3n) is 5.27. The van der Waals surface area contributed by atoms with Crippen LogP contribution in [0.5, 0.6) is 0 Å². The molecule has 2 aromatic carbocycles. The number of hydrogen-bond donors (Lipinski definition) is 3. The fourth-order valence-corrected chi connectivity index (χ4v) is 5.47. The molecule has 2 heterocycles. The van der Waals surface area contributed by atoms with Crippen molar-refractivity contribution in [3.8, 4) is 0 Å². The Labute approximate surface area is 208 Å². The van der Waals surface area contributed by atoms with Crippen molar-refractivity contribution in [2.45, 2.75) is 30.7 Å². The molecule has 0 aliphatic carbocycles. The number of aryl methyl sites for hydroxylation is 1. The van der Waals surface area contributed by atoms with E-state index in [1.807, 2.05) is 24.3 Å². The number of nitrogens with two attached hydrogens (primary N) is 1. The average Bonchev–Trinajstić information content (AvgIpc) is 3.16. The van der Waals surface area contributed by atoms with Gasteiger partial charge in [0, 0.05) is 24.9 Å². The van der Waals surface area contributed by atoms with E-state index in [0.29, 0.717) is 40.8 Å². The minimum absolute atomic E-state index is 0.0143. The van der Waals surface area contributed by atoms with Crippen molar-refractivity contribution in [3.63, 3.8) is 0 Å². The van der Waals surface area contributed by atoms with Crippen LogP contribution in [-0.4, -0.2) is 37.0 Å². The number of benzene rings is 2. The standard InChI is InChI=1S/C22H22Cl3N5O2S/c23-14-7-8-16(19(25)18(14)24)33(32)27-10-3-4-11-30-17(9-12-31)29-20-21(30)13-5-1-2-6-15(13)28-22(20)26/h1-2,5-8,27,31H,3-4,9-12H2,(H2,26,28). The van der Waals surface area contributed by atoms with E-state index in [4.69, 9.17) is 40.5 Å². The number of anilines is 1. The highest BCUT2D eigenvalue weighted by molar-refractivity contribution is 7.83. The van der Waals surface area contributed by atoms with Crippen LogP contribution in [-0.2, 0) is 24.0 Å². The van der Waals surface area contributed by atoms with Gasteiger partial charge in [-0.15, -0.1) is 0 Å². The molecule has 7 nitrogen and oxygen atoms in total. The topological polar surface area (TPSA) is 106 Å². The van der Waals surface area contributed by atoms with E-state index in [0.717, 1.165) is 35.1 Å². The number of aromatic nitrogens is 3. The smallest absolute Gasteiger partial charge is 0.152 e. The molecule has 4 rings (SSSR count). The van der Waals surface area contributed by atoms with E-state index in [1.165, 1.54) is 0 Å². The summed E-state index contributed by atoms with van der Waals surface area (Å²) in [5.41, 5.74) is 8.54. The average molecular weight is 527 g/mol. The lowest BCUT2D eigenvalue weighted by Gasteiger charge is -2.11. The lowest BCUT2D eigenvalue weighted by molar-refractivity contribution is 0.294. The zero-order valence-corrected chi connectivity index (χ0v) is 20.6. The molecule has 0 saturated carbocycles. The van der Waals surface area contributed by atoms with Crippen LogP contribution in [0.3, 0.4) is 0 Å². The number of nitrogens with zero attached hydrogens (tertiary/aromatic N) is 3. The second kappa shape index (κ2) is 10.5. The van der Waals surface area contributed by atoms with E-state index in [-0.39, 0.29) is 16.7 Å². The summed E-state index contributed by atoms with van der Waals surface area (Å²) in [5.74, 6) is 1.13. The van der Waals surface area contributed by atoms with E-state index < -0.39 is 11.0 Å². The van der Waals surface area contributed by atoms with Crippen LogP contribution in [0.1, 0.15) is 18.7 Å². The number of imidazole rings is 1. The van der Waals surface area contributed by atoms with Crippen molar-refractivity contribution in [3.05, 3.63) is 57.3 Å². The summed E-state index contributed by atoms with van der Waals surface area (Å²) in [4.78, 5) is 9.51. The van der Waals surface area contributed by atoms with E-state index in [1.54, 1.807) is 12.1 Å². The Morgan fingerprint density at radius 3 is 2.64 bits per heavy atom. The molecule has 1 atom stereocenters. The number of unbranched alkanes of at least 4 members (excludes halogenated alkanes) is 1. The van der Waals surface area contributed by atoms with Crippen LogP contribution in [0.4, 0.5) is 5.82 Å². The van der Waals surface area contributed by atoms with E-state index >= 15 is 0 Å². The molecule has 0 saturated heterocycles. The number of aliphatic hydroxyl groups is 1. The quantitative estimate of drug-likeness (QED) is 0.215. The van der Waals surface area contributed by atoms with Gasteiger partial charge in [-0.05, 0) is 31.0 Å². The van der Waals surface area contributed by atoms with Gasteiger partial charge in [0.1, 0.15) is 22.3 Å². The normalized spacial score (nSPS) is 12.6. The molecule has 0 aliphatic rings. The molecule has 0 aliphatic heterocycles. The van der Waals surface area contributed by atoms with Crippen LogP contribution < -0.4 is 10.5 Å². The lowest BCUT2D eigenvalue weighted by atomic mass is 10.2. The largest absolute Gasteiger partial charge is 0.396 e. The zero-order valence-electron chi connectivity index (χ0n) is 17.5. The van der Waals surface area contributed by atoms with Gasteiger partial charge in [-0.3, -0.25) is 0 Å². The Balaban J connectivity index is 1.48. The van der Waals surface area contributed by atoms with Gasteiger partial charge in [0.2, 0.25) is 0 Å². The summed E-state index contributed by atoms with van der Waals surface area (Å²) in [7, 11) is -1.51. The summed E-state index contributed by atoms with van der Waals surface area (Å²) < 4.78 is 17.6. The molecule has 4 aromatic rings. The minimum atomic E-state index is -1.51. The number of para-hydroxylation sites is 1. The maximum absolute atomic E-state index is 12.6. The van der Waals surface area contributed by atoms with Crippen LogP contribution in [0.15, 0.2) is 41.3 Å². The second-order valence-corrected chi connectivity index (χ2v) is 9.84. The number of hydrogen-bond acceptors (Lipinski definition) is 5. The van der Waals surface area contributed by atoms with Gasteiger partial charge in [0.05, 0.1) is 37.6 Å². The Morgan fingerprint density at radius 1 is 1.06 bits per heavy atom. The van der Waals surface area contributed by atoms with Gasteiger partial charge in [-0.1, -0.05) is 53.0 Å². The highest BCUT2D eigenvalue weighted by atomic mass is 35.5. The first kappa shape index (κ1) is 24.2. The number of rotatable bonds is 9. The van der Waals surface area contributed by atoms with Gasteiger partial charge < -0.3 is 15.4 Å². The monoisotopic (exact) mass is 525 g/mol. The number of fused-ring (bicyclic) bond motifs is 3. The Morgan fingerprint density at radius 2 is 1.85 bits per heavy atom. The Hall–Kier alpha value is -1.94. The number of pyridine rings is 1. The van der Waals surface area contributed by atoms with Crippen molar-refractivity contribution in [2.24, 2.45) is 0 Å². The number of nitrogen functional groups attached to an aromatic ring is 1. The SMILES string of the molecule is Nc1nc2ccccc2c2c1nc(CCO)n2CCCCNS(=O)c1ccc(Cl)c(Cl)c1Cl. The maximum Gasteiger partial charge on any atom is 0.152 e.